The highest BCUT2D eigenvalue weighted by atomic mass is 35.5. The lowest BCUT2D eigenvalue weighted by Gasteiger charge is -2.29. The summed E-state index contributed by atoms with van der Waals surface area (Å²) >= 11 is 5.94. The van der Waals surface area contributed by atoms with Crippen molar-refractivity contribution >= 4 is 29.1 Å². The van der Waals surface area contributed by atoms with Crippen molar-refractivity contribution in [1.82, 2.24) is 0 Å². The first kappa shape index (κ1) is 13.7. The zero-order chi connectivity index (χ0) is 14.0. The van der Waals surface area contributed by atoms with Crippen LogP contribution in [0.2, 0.25) is 5.02 Å². The molecular formula is C13H15ClN2O3. The van der Waals surface area contributed by atoms with Gasteiger partial charge >= 0.3 is 6.09 Å². The van der Waals surface area contributed by atoms with Gasteiger partial charge in [-0.3, -0.25) is 4.90 Å². The second kappa shape index (κ2) is 5.48. The van der Waals surface area contributed by atoms with E-state index in [1.165, 1.54) is 4.90 Å². The molecule has 0 saturated heterocycles. The largest absolute Gasteiger partial charge is 0.446 e. The van der Waals surface area contributed by atoms with E-state index in [0.29, 0.717) is 35.0 Å². The monoisotopic (exact) mass is 282 g/mol. The second-order valence-electron chi connectivity index (χ2n) is 4.54. The van der Waals surface area contributed by atoms with Crippen molar-refractivity contribution in [3.8, 4) is 0 Å². The third kappa shape index (κ3) is 2.81. The summed E-state index contributed by atoms with van der Waals surface area (Å²) in [5.41, 5.74) is 1.82. The number of rotatable bonds is 1. The van der Waals surface area contributed by atoms with Crippen molar-refractivity contribution < 1.29 is 14.7 Å². The number of anilines is 1. The normalized spacial score (nSPS) is 16.6. The Morgan fingerprint density at radius 2 is 2.26 bits per heavy atom. The van der Waals surface area contributed by atoms with Crippen molar-refractivity contribution in [2.24, 2.45) is 5.16 Å². The topological polar surface area (TPSA) is 62.1 Å². The minimum absolute atomic E-state index is 0.184. The number of halogens is 1. The first-order valence-corrected chi connectivity index (χ1v) is 6.39. The Morgan fingerprint density at radius 1 is 1.53 bits per heavy atom. The van der Waals surface area contributed by atoms with Gasteiger partial charge in [0.1, 0.15) is 0 Å². The highest BCUT2D eigenvalue weighted by Crippen LogP contribution is 2.30. The molecule has 0 radical (unpaired) electrons. The minimum Gasteiger partial charge on any atom is -0.446 e. The molecule has 0 spiro atoms. The van der Waals surface area contributed by atoms with E-state index in [-0.39, 0.29) is 6.10 Å². The number of ether oxygens (including phenoxy) is 1. The number of hydrogen-bond acceptors (Lipinski definition) is 4. The standard InChI is InChI=1S/C13H15ClN2O3/c1-8(2)19-13(17)16-6-5-11(15-18)10-7-9(14)3-4-12(10)16/h3-4,7-8,18H,5-6H2,1-2H3. The van der Waals surface area contributed by atoms with Gasteiger partial charge in [-0.15, -0.1) is 0 Å². The van der Waals surface area contributed by atoms with Gasteiger partial charge in [0.05, 0.1) is 17.5 Å². The maximum atomic E-state index is 12.0. The van der Waals surface area contributed by atoms with Gasteiger partial charge in [0.2, 0.25) is 0 Å². The van der Waals surface area contributed by atoms with Crippen LogP contribution in [0.15, 0.2) is 23.4 Å². The summed E-state index contributed by atoms with van der Waals surface area (Å²) in [6.07, 6.45) is -0.136. The van der Waals surface area contributed by atoms with Crippen molar-refractivity contribution in [3.05, 3.63) is 28.8 Å². The molecule has 1 aliphatic heterocycles. The van der Waals surface area contributed by atoms with Crippen LogP contribution >= 0.6 is 11.6 Å². The molecule has 1 N–H and O–H groups in total. The summed E-state index contributed by atoms with van der Waals surface area (Å²) in [5.74, 6) is 0. The average molecular weight is 283 g/mol. The maximum Gasteiger partial charge on any atom is 0.414 e. The lowest BCUT2D eigenvalue weighted by atomic mass is 10.00. The van der Waals surface area contributed by atoms with Crippen LogP contribution in [0.1, 0.15) is 25.8 Å². The quantitative estimate of drug-likeness (QED) is 0.635. The lowest BCUT2D eigenvalue weighted by Crippen LogP contribution is -2.39. The summed E-state index contributed by atoms with van der Waals surface area (Å²) < 4.78 is 5.20. The van der Waals surface area contributed by atoms with Crippen LogP contribution in [-0.4, -0.2) is 29.7 Å². The molecule has 6 heteroatoms. The fourth-order valence-electron chi connectivity index (χ4n) is 2.01. The molecule has 1 amide bonds. The van der Waals surface area contributed by atoms with Crippen molar-refractivity contribution in [2.45, 2.75) is 26.4 Å². The summed E-state index contributed by atoms with van der Waals surface area (Å²) in [7, 11) is 0. The zero-order valence-corrected chi connectivity index (χ0v) is 11.5. The van der Waals surface area contributed by atoms with E-state index < -0.39 is 6.09 Å². The molecule has 1 aromatic rings. The third-order valence-electron chi connectivity index (χ3n) is 2.81. The van der Waals surface area contributed by atoms with Crippen LogP contribution < -0.4 is 4.90 Å². The molecule has 102 valence electrons. The number of carbonyl (C=O) groups excluding carboxylic acids is 1. The lowest BCUT2D eigenvalue weighted by molar-refractivity contribution is 0.122. The molecule has 1 aromatic carbocycles. The third-order valence-corrected chi connectivity index (χ3v) is 3.05. The number of oxime groups is 1. The summed E-state index contributed by atoms with van der Waals surface area (Å²) in [6.45, 7) is 4.01. The molecule has 1 heterocycles. The highest BCUT2D eigenvalue weighted by Gasteiger charge is 2.28. The van der Waals surface area contributed by atoms with E-state index in [1.54, 1.807) is 32.0 Å². The molecule has 0 atom stereocenters. The molecule has 0 bridgehead atoms. The number of nitrogens with zero attached hydrogens (tertiary/aromatic N) is 2. The highest BCUT2D eigenvalue weighted by molar-refractivity contribution is 6.31. The predicted molar refractivity (Wildman–Crippen MR) is 73.4 cm³/mol. The molecular weight excluding hydrogens is 268 g/mol. The molecule has 0 unspecified atom stereocenters. The number of amides is 1. The number of fused-ring (bicyclic) bond motifs is 1. The first-order valence-electron chi connectivity index (χ1n) is 6.02. The van der Waals surface area contributed by atoms with E-state index in [2.05, 4.69) is 5.16 Å². The fourth-order valence-corrected chi connectivity index (χ4v) is 2.18. The Balaban J connectivity index is 2.39. The SMILES string of the molecule is CC(C)OC(=O)N1CCC(=NO)c2cc(Cl)ccc21. The first-order chi connectivity index (χ1) is 9.02. The van der Waals surface area contributed by atoms with Crippen LogP contribution in [0.5, 0.6) is 0 Å². The van der Waals surface area contributed by atoms with Crippen LogP contribution in [0.3, 0.4) is 0 Å². The van der Waals surface area contributed by atoms with Gasteiger partial charge < -0.3 is 9.94 Å². The van der Waals surface area contributed by atoms with Crippen LogP contribution in [-0.2, 0) is 4.74 Å². The van der Waals surface area contributed by atoms with Gasteiger partial charge in [-0.05, 0) is 32.0 Å². The van der Waals surface area contributed by atoms with E-state index in [1.807, 2.05) is 0 Å². The fraction of sp³-hybridized carbons (Fsp3) is 0.385. The van der Waals surface area contributed by atoms with Gasteiger partial charge in [-0.25, -0.2) is 4.79 Å². The Morgan fingerprint density at radius 3 is 2.89 bits per heavy atom. The smallest absolute Gasteiger partial charge is 0.414 e. The molecule has 1 aliphatic rings. The molecule has 5 nitrogen and oxygen atoms in total. The van der Waals surface area contributed by atoms with Gasteiger partial charge in [0.15, 0.2) is 0 Å². The Labute approximate surface area is 116 Å². The Kier molecular flexibility index (Phi) is 3.95. The van der Waals surface area contributed by atoms with E-state index in [4.69, 9.17) is 21.5 Å². The molecule has 0 fully saturated rings. The Hall–Kier alpha value is -1.75. The van der Waals surface area contributed by atoms with Crippen LogP contribution in [0.4, 0.5) is 10.5 Å². The number of carbonyl (C=O) groups is 1. The van der Waals surface area contributed by atoms with Gasteiger partial charge in [-0.2, -0.15) is 0 Å². The van der Waals surface area contributed by atoms with Gasteiger partial charge in [0.25, 0.3) is 0 Å². The summed E-state index contributed by atoms with van der Waals surface area (Å²) in [5, 5.41) is 12.8. The second-order valence-corrected chi connectivity index (χ2v) is 4.98. The van der Waals surface area contributed by atoms with Crippen LogP contribution in [0.25, 0.3) is 0 Å². The predicted octanol–water partition coefficient (Wildman–Crippen LogP) is 3.27. The molecule has 0 aromatic heterocycles. The maximum absolute atomic E-state index is 12.0. The zero-order valence-electron chi connectivity index (χ0n) is 10.8. The molecule has 0 aliphatic carbocycles. The van der Waals surface area contributed by atoms with E-state index in [9.17, 15) is 4.79 Å². The summed E-state index contributed by atoms with van der Waals surface area (Å²) in [6, 6.07) is 5.10. The number of hydrogen-bond donors (Lipinski definition) is 1. The molecule has 0 saturated carbocycles. The molecule has 19 heavy (non-hydrogen) atoms. The Bertz CT molecular complexity index is 529. The van der Waals surface area contributed by atoms with Crippen molar-refractivity contribution in [2.75, 3.05) is 11.4 Å². The summed E-state index contributed by atoms with van der Waals surface area (Å²) in [4.78, 5) is 13.5. The van der Waals surface area contributed by atoms with Crippen LogP contribution in [0, 0.1) is 0 Å². The van der Waals surface area contributed by atoms with Gasteiger partial charge in [-0.1, -0.05) is 16.8 Å². The number of benzene rings is 1. The van der Waals surface area contributed by atoms with Crippen molar-refractivity contribution in [1.29, 1.82) is 0 Å². The van der Waals surface area contributed by atoms with E-state index >= 15 is 0 Å². The van der Waals surface area contributed by atoms with Crippen molar-refractivity contribution in [3.63, 3.8) is 0 Å². The minimum atomic E-state index is -0.407. The van der Waals surface area contributed by atoms with Gasteiger partial charge in [0, 0.05) is 23.6 Å². The molecule has 2 rings (SSSR count). The average Bonchev–Trinajstić information content (AvgIpc) is 2.36. The van der Waals surface area contributed by atoms with E-state index in [0.717, 1.165) is 0 Å².